The minimum Gasteiger partial charge on any atom is -0.484 e. The van der Waals surface area contributed by atoms with Crippen LogP contribution >= 0.6 is 0 Å². The summed E-state index contributed by atoms with van der Waals surface area (Å²) in [6.45, 7) is 3.79. The molecule has 0 aliphatic carbocycles. The van der Waals surface area contributed by atoms with Gasteiger partial charge in [0.15, 0.2) is 6.61 Å². The molecule has 8 nitrogen and oxygen atoms in total. The van der Waals surface area contributed by atoms with Crippen LogP contribution in [0.3, 0.4) is 0 Å². The summed E-state index contributed by atoms with van der Waals surface area (Å²) in [6.07, 6.45) is 1.59. The summed E-state index contributed by atoms with van der Waals surface area (Å²) in [4.78, 5) is 13.9. The van der Waals surface area contributed by atoms with E-state index in [0.717, 1.165) is 5.69 Å². The Morgan fingerprint density at radius 3 is 2.91 bits per heavy atom. The molecule has 8 heteroatoms. The van der Waals surface area contributed by atoms with Gasteiger partial charge in [-0.25, -0.2) is 4.68 Å². The summed E-state index contributed by atoms with van der Waals surface area (Å²) in [7, 11) is 0. The quantitative estimate of drug-likeness (QED) is 0.807. The zero-order valence-corrected chi connectivity index (χ0v) is 12.3. The minimum atomic E-state index is -0.0281. The Balaban J connectivity index is 1.54. The standard InChI is InChI=1S/C14H17N5O3/c1-11-8-18(6-7-21-11)14(20)9-22-13-4-2-12(3-5-13)19-10-15-16-17-19/h2-5,10-11H,6-9H2,1H3/t11-/m0/s1. The molecule has 0 spiro atoms. The summed E-state index contributed by atoms with van der Waals surface area (Å²) < 4.78 is 12.5. The molecule has 3 rings (SSSR count). The predicted molar refractivity (Wildman–Crippen MR) is 76.6 cm³/mol. The third-order valence-corrected chi connectivity index (χ3v) is 3.41. The lowest BCUT2D eigenvalue weighted by molar-refractivity contribution is -0.140. The van der Waals surface area contributed by atoms with Crippen LogP contribution in [0.15, 0.2) is 30.6 Å². The molecule has 22 heavy (non-hydrogen) atoms. The van der Waals surface area contributed by atoms with Crippen LogP contribution in [0.4, 0.5) is 0 Å². The molecule has 0 radical (unpaired) electrons. The van der Waals surface area contributed by atoms with Gasteiger partial charge in [-0.15, -0.1) is 5.10 Å². The Morgan fingerprint density at radius 1 is 1.41 bits per heavy atom. The van der Waals surface area contributed by atoms with Crippen LogP contribution in [0.2, 0.25) is 0 Å². The lowest BCUT2D eigenvalue weighted by atomic mass is 10.3. The maximum absolute atomic E-state index is 12.1. The number of amides is 1. The normalized spacial score (nSPS) is 18.2. The number of hydrogen-bond donors (Lipinski definition) is 0. The van der Waals surface area contributed by atoms with Crippen molar-refractivity contribution in [2.45, 2.75) is 13.0 Å². The Labute approximate surface area is 127 Å². The second kappa shape index (κ2) is 6.52. The van der Waals surface area contributed by atoms with Crippen molar-refractivity contribution in [1.82, 2.24) is 25.1 Å². The lowest BCUT2D eigenvalue weighted by Crippen LogP contribution is -2.46. The number of nitrogens with zero attached hydrogens (tertiary/aromatic N) is 5. The van der Waals surface area contributed by atoms with Gasteiger partial charge in [0, 0.05) is 13.1 Å². The van der Waals surface area contributed by atoms with E-state index in [1.165, 1.54) is 6.33 Å². The molecule has 1 aromatic carbocycles. The lowest BCUT2D eigenvalue weighted by Gasteiger charge is -2.31. The van der Waals surface area contributed by atoms with E-state index in [2.05, 4.69) is 15.5 Å². The van der Waals surface area contributed by atoms with Crippen molar-refractivity contribution >= 4 is 5.91 Å². The van der Waals surface area contributed by atoms with Gasteiger partial charge < -0.3 is 14.4 Å². The summed E-state index contributed by atoms with van der Waals surface area (Å²) in [5.41, 5.74) is 0.825. The van der Waals surface area contributed by atoms with Gasteiger partial charge in [0.2, 0.25) is 0 Å². The number of ether oxygens (including phenoxy) is 2. The number of aromatic nitrogens is 4. The number of carbonyl (C=O) groups is 1. The average Bonchev–Trinajstić information content (AvgIpc) is 3.07. The van der Waals surface area contributed by atoms with E-state index in [1.54, 1.807) is 21.7 Å². The van der Waals surface area contributed by atoms with E-state index in [4.69, 9.17) is 9.47 Å². The molecule has 116 valence electrons. The molecule has 2 aromatic rings. The Morgan fingerprint density at radius 2 is 2.23 bits per heavy atom. The van der Waals surface area contributed by atoms with E-state index in [9.17, 15) is 4.79 Å². The van der Waals surface area contributed by atoms with Crippen molar-refractivity contribution in [1.29, 1.82) is 0 Å². The third kappa shape index (κ3) is 3.40. The van der Waals surface area contributed by atoms with Gasteiger partial charge in [-0.3, -0.25) is 4.79 Å². The van der Waals surface area contributed by atoms with Crippen LogP contribution in [0.25, 0.3) is 5.69 Å². The van der Waals surface area contributed by atoms with Gasteiger partial charge >= 0.3 is 0 Å². The molecule has 0 saturated carbocycles. The van der Waals surface area contributed by atoms with E-state index < -0.39 is 0 Å². The minimum absolute atomic E-state index is 0.0247. The maximum atomic E-state index is 12.1. The Bertz CT molecular complexity index is 614. The van der Waals surface area contributed by atoms with Crippen LogP contribution in [0.1, 0.15) is 6.92 Å². The van der Waals surface area contributed by atoms with Gasteiger partial charge in [-0.1, -0.05) is 0 Å². The molecule has 1 aliphatic heterocycles. The molecule has 0 bridgehead atoms. The fourth-order valence-electron chi connectivity index (χ4n) is 2.26. The highest BCUT2D eigenvalue weighted by Crippen LogP contribution is 2.14. The molecule has 0 N–H and O–H groups in total. The van der Waals surface area contributed by atoms with Crippen molar-refractivity contribution in [3.63, 3.8) is 0 Å². The summed E-state index contributed by atoms with van der Waals surface area (Å²) >= 11 is 0. The number of tetrazole rings is 1. The molecule has 1 aromatic heterocycles. The monoisotopic (exact) mass is 303 g/mol. The number of morpholine rings is 1. The predicted octanol–water partition coefficient (Wildman–Crippen LogP) is 0.288. The zero-order chi connectivity index (χ0) is 15.4. The van der Waals surface area contributed by atoms with Crippen molar-refractivity contribution in [3.8, 4) is 11.4 Å². The molecule has 1 saturated heterocycles. The molecule has 2 heterocycles. The second-order valence-electron chi connectivity index (χ2n) is 5.06. The van der Waals surface area contributed by atoms with Crippen molar-refractivity contribution in [2.75, 3.05) is 26.3 Å². The van der Waals surface area contributed by atoms with Crippen LogP contribution in [-0.2, 0) is 9.53 Å². The van der Waals surface area contributed by atoms with Crippen LogP contribution in [-0.4, -0.2) is 63.4 Å². The van der Waals surface area contributed by atoms with Crippen molar-refractivity contribution in [2.24, 2.45) is 0 Å². The first kappa shape index (κ1) is 14.5. The number of benzene rings is 1. The van der Waals surface area contributed by atoms with E-state index >= 15 is 0 Å². The van der Waals surface area contributed by atoms with Gasteiger partial charge in [0.05, 0.1) is 18.4 Å². The number of hydrogen-bond acceptors (Lipinski definition) is 6. The number of carbonyl (C=O) groups excluding carboxylic acids is 1. The highest BCUT2D eigenvalue weighted by Gasteiger charge is 2.21. The largest absolute Gasteiger partial charge is 0.484 e. The smallest absolute Gasteiger partial charge is 0.260 e. The Kier molecular flexibility index (Phi) is 4.29. The first-order chi connectivity index (χ1) is 10.7. The van der Waals surface area contributed by atoms with Gasteiger partial charge in [0.25, 0.3) is 5.91 Å². The van der Waals surface area contributed by atoms with Crippen LogP contribution < -0.4 is 4.74 Å². The topological polar surface area (TPSA) is 82.4 Å². The first-order valence-electron chi connectivity index (χ1n) is 7.08. The first-order valence-corrected chi connectivity index (χ1v) is 7.08. The fraction of sp³-hybridized carbons (Fsp3) is 0.429. The summed E-state index contributed by atoms with van der Waals surface area (Å²) in [5, 5.41) is 11.0. The van der Waals surface area contributed by atoms with E-state index in [1.807, 2.05) is 19.1 Å². The second-order valence-corrected chi connectivity index (χ2v) is 5.06. The molecule has 1 aliphatic rings. The van der Waals surface area contributed by atoms with E-state index in [0.29, 0.717) is 25.4 Å². The van der Waals surface area contributed by atoms with Gasteiger partial charge in [0.1, 0.15) is 12.1 Å². The highest BCUT2D eigenvalue weighted by atomic mass is 16.5. The Hall–Kier alpha value is -2.48. The summed E-state index contributed by atoms with van der Waals surface area (Å²) in [5.74, 6) is 0.603. The van der Waals surface area contributed by atoms with Crippen LogP contribution in [0, 0.1) is 0 Å². The van der Waals surface area contributed by atoms with Gasteiger partial charge in [-0.2, -0.15) is 0 Å². The molecule has 1 amide bonds. The third-order valence-electron chi connectivity index (χ3n) is 3.41. The van der Waals surface area contributed by atoms with Crippen molar-refractivity contribution < 1.29 is 14.3 Å². The van der Waals surface area contributed by atoms with E-state index in [-0.39, 0.29) is 18.6 Å². The van der Waals surface area contributed by atoms with Crippen LogP contribution in [0.5, 0.6) is 5.75 Å². The molecule has 1 atom stereocenters. The highest BCUT2D eigenvalue weighted by molar-refractivity contribution is 5.77. The van der Waals surface area contributed by atoms with Crippen molar-refractivity contribution in [3.05, 3.63) is 30.6 Å². The SMILES string of the molecule is C[C@H]1CN(C(=O)COc2ccc(-n3cnnn3)cc2)CCO1. The molecule has 0 unspecified atom stereocenters. The fourth-order valence-corrected chi connectivity index (χ4v) is 2.26. The molecular weight excluding hydrogens is 286 g/mol. The zero-order valence-electron chi connectivity index (χ0n) is 12.3. The maximum Gasteiger partial charge on any atom is 0.260 e. The van der Waals surface area contributed by atoms with Gasteiger partial charge in [-0.05, 0) is 41.6 Å². The molecular formula is C14H17N5O3. The average molecular weight is 303 g/mol. The number of rotatable bonds is 4. The summed E-state index contributed by atoms with van der Waals surface area (Å²) in [6, 6.07) is 7.22. The molecule has 1 fully saturated rings.